The van der Waals surface area contributed by atoms with E-state index < -0.39 is 6.04 Å². The lowest BCUT2D eigenvalue weighted by Gasteiger charge is -2.32. The molecule has 6 heteroatoms. The fourth-order valence-electron chi connectivity index (χ4n) is 4.99. The van der Waals surface area contributed by atoms with E-state index in [-0.39, 0.29) is 17.9 Å². The number of carbonyl (C=O) groups is 2. The largest absolute Gasteiger partial charge is 0.497 e. The zero-order chi connectivity index (χ0) is 26.7. The Balaban J connectivity index is 1.58. The van der Waals surface area contributed by atoms with E-state index in [0.717, 1.165) is 48.3 Å². The number of aryl methyl sites for hydroxylation is 1. The average molecular weight is 531 g/mol. The molecule has 0 radical (unpaired) electrons. The van der Waals surface area contributed by atoms with Gasteiger partial charge in [-0.1, -0.05) is 79.6 Å². The first-order valence-electron chi connectivity index (χ1n) is 13.4. The van der Waals surface area contributed by atoms with E-state index in [9.17, 15) is 9.59 Å². The lowest BCUT2D eigenvalue weighted by molar-refractivity contribution is -0.139. The van der Waals surface area contributed by atoms with Crippen LogP contribution in [0.25, 0.3) is 0 Å². The van der Waals surface area contributed by atoms with Crippen molar-refractivity contribution in [1.82, 2.24) is 10.2 Å². The van der Waals surface area contributed by atoms with Crippen LogP contribution in [0.2, 0.25) is 0 Å². The summed E-state index contributed by atoms with van der Waals surface area (Å²) >= 11 is 1.60. The van der Waals surface area contributed by atoms with Gasteiger partial charge in [-0.3, -0.25) is 9.59 Å². The van der Waals surface area contributed by atoms with Crippen molar-refractivity contribution in [3.8, 4) is 5.75 Å². The summed E-state index contributed by atoms with van der Waals surface area (Å²) in [5.74, 6) is 1.69. The van der Waals surface area contributed by atoms with E-state index in [0.29, 0.717) is 18.7 Å². The molecule has 0 bridgehead atoms. The van der Waals surface area contributed by atoms with Crippen molar-refractivity contribution in [2.75, 3.05) is 12.9 Å². The molecular weight excluding hydrogens is 492 g/mol. The third-order valence-corrected chi connectivity index (χ3v) is 8.17. The maximum atomic E-state index is 13.8. The molecule has 1 saturated carbocycles. The highest BCUT2D eigenvalue weighted by Gasteiger charge is 2.32. The molecule has 1 atom stereocenters. The van der Waals surface area contributed by atoms with E-state index in [1.54, 1.807) is 23.8 Å². The predicted octanol–water partition coefficient (Wildman–Crippen LogP) is 5.94. The average Bonchev–Trinajstić information content (AvgIpc) is 3.45. The summed E-state index contributed by atoms with van der Waals surface area (Å²) in [6.07, 6.45) is 4.74. The number of nitrogens with one attached hydrogen (secondary N) is 1. The monoisotopic (exact) mass is 530 g/mol. The molecule has 2 amide bonds. The van der Waals surface area contributed by atoms with Gasteiger partial charge >= 0.3 is 0 Å². The third-order valence-electron chi connectivity index (χ3n) is 7.20. The minimum absolute atomic E-state index is 0.0334. The van der Waals surface area contributed by atoms with Crippen molar-refractivity contribution >= 4 is 23.6 Å². The fraction of sp³-hybridized carbons (Fsp3) is 0.375. The van der Waals surface area contributed by atoms with Crippen LogP contribution in [0.3, 0.4) is 0 Å². The molecule has 200 valence electrons. The first-order valence-corrected chi connectivity index (χ1v) is 14.6. The van der Waals surface area contributed by atoms with Crippen molar-refractivity contribution in [1.29, 1.82) is 0 Å². The summed E-state index contributed by atoms with van der Waals surface area (Å²) in [6, 6.07) is 25.6. The van der Waals surface area contributed by atoms with Crippen LogP contribution in [0.1, 0.15) is 47.9 Å². The van der Waals surface area contributed by atoms with Gasteiger partial charge < -0.3 is 15.0 Å². The van der Waals surface area contributed by atoms with Gasteiger partial charge in [-0.05, 0) is 54.2 Å². The Kier molecular flexibility index (Phi) is 10.3. The molecule has 0 heterocycles. The lowest BCUT2D eigenvalue weighted by Crippen LogP contribution is -2.52. The minimum Gasteiger partial charge on any atom is -0.497 e. The Labute approximate surface area is 231 Å². The van der Waals surface area contributed by atoms with Crippen molar-refractivity contribution in [2.45, 2.75) is 63.4 Å². The number of ether oxygens (including phenoxy) is 1. The van der Waals surface area contributed by atoms with Gasteiger partial charge in [0.05, 0.1) is 12.9 Å². The number of hydrogen-bond acceptors (Lipinski definition) is 4. The highest BCUT2D eigenvalue weighted by molar-refractivity contribution is 7.99. The molecule has 0 spiro atoms. The van der Waals surface area contributed by atoms with Crippen LogP contribution in [0.5, 0.6) is 5.75 Å². The molecule has 0 saturated heterocycles. The molecule has 38 heavy (non-hydrogen) atoms. The fourth-order valence-corrected chi connectivity index (χ4v) is 5.98. The first kappa shape index (κ1) is 27.8. The highest BCUT2D eigenvalue weighted by atomic mass is 32.2. The Morgan fingerprint density at radius 3 is 2.42 bits per heavy atom. The van der Waals surface area contributed by atoms with Gasteiger partial charge in [0.2, 0.25) is 11.8 Å². The van der Waals surface area contributed by atoms with Gasteiger partial charge in [0, 0.05) is 24.8 Å². The number of carbonyl (C=O) groups excluding carboxylic acids is 2. The van der Waals surface area contributed by atoms with E-state index >= 15 is 0 Å². The molecule has 3 aromatic carbocycles. The Hall–Kier alpha value is -3.25. The van der Waals surface area contributed by atoms with Crippen molar-refractivity contribution in [3.63, 3.8) is 0 Å². The highest BCUT2D eigenvalue weighted by Crippen LogP contribution is 2.23. The topological polar surface area (TPSA) is 58.6 Å². The number of nitrogens with zero attached hydrogens (tertiary/aromatic N) is 1. The van der Waals surface area contributed by atoms with Crippen molar-refractivity contribution in [2.24, 2.45) is 0 Å². The maximum Gasteiger partial charge on any atom is 0.243 e. The van der Waals surface area contributed by atoms with E-state index in [2.05, 4.69) is 24.4 Å². The number of rotatable bonds is 12. The third kappa shape index (κ3) is 7.87. The molecule has 1 aliphatic rings. The molecule has 3 aromatic rings. The van der Waals surface area contributed by atoms with E-state index in [1.807, 2.05) is 66.7 Å². The molecule has 0 aliphatic heterocycles. The number of benzene rings is 3. The number of thioether (sulfide) groups is 1. The van der Waals surface area contributed by atoms with Gasteiger partial charge in [-0.2, -0.15) is 0 Å². The number of methoxy groups -OCH3 is 1. The molecule has 1 aliphatic carbocycles. The molecule has 4 rings (SSSR count). The second-order valence-electron chi connectivity index (χ2n) is 9.99. The lowest BCUT2D eigenvalue weighted by atomic mass is 10.0. The van der Waals surface area contributed by atoms with Crippen LogP contribution < -0.4 is 10.1 Å². The Morgan fingerprint density at radius 1 is 0.974 bits per heavy atom. The van der Waals surface area contributed by atoms with Gasteiger partial charge in [-0.25, -0.2) is 0 Å². The zero-order valence-electron chi connectivity index (χ0n) is 22.4. The quantitative estimate of drug-likeness (QED) is 0.315. The summed E-state index contributed by atoms with van der Waals surface area (Å²) in [5, 5.41) is 3.27. The van der Waals surface area contributed by atoms with Gasteiger partial charge in [-0.15, -0.1) is 11.8 Å². The summed E-state index contributed by atoms with van der Waals surface area (Å²) in [7, 11) is 1.64. The van der Waals surface area contributed by atoms with Crippen molar-refractivity contribution in [3.05, 3.63) is 101 Å². The molecule has 1 N–H and O–H groups in total. The molecule has 0 aromatic heterocycles. The summed E-state index contributed by atoms with van der Waals surface area (Å²) in [5.41, 5.74) is 4.42. The minimum atomic E-state index is -0.601. The second kappa shape index (κ2) is 14.1. The zero-order valence-corrected chi connectivity index (χ0v) is 23.2. The van der Waals surface area contributed by atoms with Crippen LogP contribution >= 0.6 is 11.8 Å². The standard InChI is InChI=1S/C32H38N2O3S/c1-24-11-6-7-15-27(24)22-38-23-31(35)34(21-26-14-10-18-29(19-26)37-2)30(20-25-12-4-3-5-13-25)32(36)33-28-16-8-9-17-28/h3-7,10-15,18-19,28,30H,8-9,16-17,20-23H2,1-2H3,(H,33,36). The molecular formula is C32H38N2O3S. The normalized spacial score (nSPS) is 14.2. The summed E-state index contributed by atoms with van der Waals surface area (Å²) < 4.78 is 5.43. The van der Waals surface area contributed by atoms with Crippen LogP contribution in [-0.2, 0) is 28.3 Å². The first-order chi connectivity index (χ1) is 18.5. The molecule has 5 nitrogen and oxygen atoms in total. The van der Waals surface area contributed by atoms with Gasteiger partial charge in [0.25, 0.3) is 0 Å². The molecule has 1 unspecified atom stereocenters. The van der Waals surface area contributed by atoms with Gasteiger partial charge in [0.15, 0.2) is 0 Å². The second-order valence-corrected chi connectivity index (χ2v) is 11.0. The summed E-state index contributed by atoms with van der Waals surface area (Å²) in [4.78, 5) is 29.4. The number of hydrogen-bond donors (Lipinski definition) is 1. The van der Waals surface area contributed by atoms with E-state index in [4.69, 9.17) is 4.74 Å². The van der Waals surface area contributed by atoms with E-state index in [1.165, 1.54) is 11.1 Å². The van der Waals surface area contributed by atoms with Crippen LogP contribution in [0.15, 0.2) is 78.9 Å². The van der Waals surface area contributed by atoms with Crippen LogP contribution in [0, 0.1) is 6.92 Å². The number of amides is 2. The van der Waals surface area contributed by atoms with Crippen molar-refractivity contribution < 1.29 is 14.3 Å². The smallest absolute Gasteiger partial charge is 0.243 e. The van der Waals surface area contributed by atoms with Crippen LogP contribution in [-0.4, -0.2) is 41.7 Å². The van der Waals surface area contributed by atoms with Gasteiger partial charge in [0.1, 0.15) is 11.8 Å². The maximum absolute atomic E-state index is 13.8. The Bertz CT molecular complexity index is 1190. The summed E-state index contributed by atoms with van der Waals surface area (Å²) in [6.45, 7) is 2.44. The molecule has 1 fully saturated rings. The predicted molar refractivity (Wildman–Crippen MR) is 155 cm³/mol. The SMILES string of the molecule is COc1cccc(CN(C(=O)CSCc2ccccc2C)C(Cc2ccccc2)C(=O)NC2CCCC2)c1. The Morgan fingerprint density at radius 2 is 1.68 bits per heavy atom. The van der Waals surface area contributed by atoms with Crippen LogP contribution in [0.4, 0.5) is 0 Å².